The normalized spacial score (nSPS) is 11.6. The van der Waals surface area contributed by atoms with Crippen LogP contribution in [0.1, 0.15) is 19.8 Å². The van der Waals surface area contributed by atoms with Crippen LogP contribution in [0.2, 0.25) is 0 Å². The zero-order chi connectivity index (χ0) is 15.5. The van der Waals surface area contributed by atoms with E-state index < -0.39 is 0 Å². The molecule has 0 atom stereocenters. The number of aryl methyl sites for hydroxylation is 1. The highest BCUT2D eigenvalue weighted by Crippen LogP contribution is 1.94. The van der Waals surface area contributed by atoms with Crippen molar-refractivity contribution in [2.24, 2.45) is 4.99 Å². The van der Waals surface area contributed by atoms with Crippen LogP contribution in [-0.2, 0) is 13.1 Å². The molecule has 7 heteroatoms. The van der Waals surface area contributed by atoms with Crippen molar-refractivity contribution >= 4 is 5.96 Å². The summed E-state index contributed by atoms with van der Waals surface area (Å²) in [7, 11) is 0. The Balaban J connectivity index is 1.63. The van der Waals surface area contributed by atoms with Gasteiger partial charge in [0.15, 0.2) is 5.96 Å². The lowest BCUT2D eigenvalue weighted by Crippen LogP contribution is -2.38. The first-order valence-corrected chi connectivity index (χ1v) is 7.84. The predicted octanol–water partition coefficient (Wildman–Crippen LogP) is 1.12. The Morgan fingerprint density at radius 2 is 1.77 bits per heavy atom. The van der Waals surface area contributed by atoms with Gasteiger partial charge in [-0.3, -0.25) is 4.99 Å². The number of hydrogen-bond acceptors (Lipinski definition) is 3. The monoisotopic (exact) mass is 303 g/mol. The highest BCUT2D eigenvalue weighted by atomic mass is 15.2. The van der Waals surface area contributed by atoms with E-state index in [9.17, 15) is 0 Å². The molecule has 0 aliphatic carbocycles. The molecule has 2 aromatic rings. The van der Waals surface area contributed by atoms with Crippen LogP contribution in [0.4, 0.5) is 0 Å². The fourth-order valence-corrected chi connectivity index (χ4v) is 2.10. The third-order valence-electron chi connectivity index (χ3n) is 3.23. The molecule has 0 aliphatic rings. The molecule has 0 bridgehead atoms. The van der Waals surface area contributed by atoms with E-state index in [1.807, 2.05) is 16.7 Å². The number of hydrogen-bond donors (Lipinski definition) is 2. The van der Waals surface area contributed by atoms with Crippen molar-refractivity contribution in [3.8, 4) is 0 Å². The number of unbranched alkanes of at least 4 members (excludes halogenated alkanes) is 1. The molecule has 22 heavy (non-hydrogen) atoms. The fraction of sp³-hybridized carbons (Fsp3) is 0.533. The summed E-state index contributed by atoms with van der Waals surface area (Å²) in [5.41, 5.74) is 0. The second kappa shape index (κ2) is 9.59. The van der Waals surface area contributed by atoms with E-state index in [0.29, 0.717) is 0 Å². The molecule has 0 saturated heterocycles. The molecule has 0 spiro atoms. The summed E-state index contributed by atoms with van der Waals surface area (Å²) in [5, 5.41) is 14.2. The maximum atomic E-state index is 4.60. The molecule has 2 aromatic heterocycles. The van der Waals surface area contributed by atoms with E-state index in [1.165, 1.54) is 0 Å². The van der Waals surface area contributed by atoms with Crippen molar-refractivity contribution in [3.63, 3.8) is 0 Å². The van der Waals surface area contributed by atoms with E-state index in [1.54, 1.807) is 12.7 Å². The first kappa shape index (κ1) is 16.1. The van der Waals surface area contributed by atoms with E-state index in [-0.39, 0.29) is 0 Å². The van der Waals surface area contributed by atoms with Gasteiger partial charge in [0.1, 0.15) is 12.7 Å². The minimum atomic E-state index is 0.820. The van der Waals surface area contributed by atoms with Gasteiger partial charge in [0.05, 0.1) is 0 Å². The van der Waals surface area contributed by atoms with E-state index >= 15 is 0 Å². The second-order valence-corrected chi connectivity index (χ2v) is 5.02. The van der Waals surface area contributed by atoms with Crippen LogP contribution in [0, 0.1) is 0 Å². The Hall–Kier alpha value is -2.31. The fourth-order valence-electron chi connectivity index (χ4n) is 2.10. The third-order valence-corrected chi connectivity index (χ3v) is 3.23. The lowest BCUT2D eigenvalue weighted by Gasteiger charge is -2.11. The maximum absolute atomic E-state index is 4.60. The average Bonchev–Trinajstić information content (AvgIpc) is 3.20. The Bertz CT molecular complexity index is 516. The van der Waals surface area contributed by atoms with E-state index in [2.05, 4.69) is 49.7 Å². The van der Waals surface area contributed by atoms with Crippen molar-refractivity contribution in [1.82, 2.24) is 30.0 Å². The predicted molar refractivity (Wildman–Crippen MR) is 87.7 cm³/mol. The van der Waals surface area contributed by atoms with Gasteiger partial charge in [0.2, 0.25) is 0 Å². The number of guanidine groups is 1. The molecule has 0 saturated carbocycles. The van der Waals surface area contributed by atoms with Crippen LogP contribution >= 0.6 is 0 Å². The lowest BCUT2D eigenvalue weighted by atomic mass is 10.3. The Labute approximate surface area is 131 Å². The van der Waals surface area contributed by atoms with Gasteiger partial charge in [0, 0.05) is 45.1 Å². The summed E-state index contributed by atoms with van der Waals surface area (Å²) < 4.78 is 4.14. The molecule has 0 aliphatic heterocycles. The first-order valence-electron chi connectivity index (χ1n) is 7.84. The van der Waals surface area contributed by atoms with Crippen molar-refractivity contribution in [1.29, 1.82) is 0 Å². The Morgan fingerprint density at radius 3 is 2.50 bits per heavy atom. The molecule has 0 amide bonds. The summed E-state index contributed by atoms with van der Waals surface area (Å²) in [6.45, 7) is 6.51. The summed E-state index contributed by atoms with van der Waals surface area (Å²) in [5.74, 6) is 0.888. The molecule has 0 fully saturated rings. The van der Waals surface area contributed by atoms with Crippen LogP contribution in [0.5, 0.6) is 0 Å². The van der Waals surface area contributed by atoms with Crippen LogP contribution < -0.4 is 10.6 Å². The molecular weight excluding hydrogens is 278 g/mol. The van der Waals surface area contributed by atoms with Gasteiger partial charge >= 0.3 is 0 Å². The van der Waals surface area contributed by atoms with Crippen molar-refractivity contribution in [3.05, 3.63) is 37.2 Å². The molecule has 0 radical (unpaired) electrons. The quantitative estimate of drug-likeness (QED) is 0.414. The molecular formula is C15H25N7. The van der Waals surface area contributed by atoms with Crippen molar-refractivity contribution in [2.75, 3.05) is 19.6 Å². The van der Waals surface area contributed by atoms with Gasteiger partial charge in [-0.25, -0.2) is 0 Å². The summed E-state index contributed by atoms with van der Waals surface area (Å²) in [4.78, 5) is 4.60. The minimum Gasteiger partial charge on any atom is -0.357 e. The van der Waals surface area contributed by atoms with Crippen molar-refractivity contribution < 1.29 is 0 Å². The molecule has 7 nitrogen and oxygen atoms in total. The third kappa shape index (κ3) is 5.99. The topological polar surface area (TPSA) is 72.1 Å². The van der Waals surface area contributed by atoms with Gasteiger partial charge in [0.25, 0.3) is 0 Å². The molecule has 120 valence electrons. The lowest BCUT2D eigenvalue weighted by molar-refractivity contribution is 0.610. The molecule has 2 rings (SSSR count). The minimum absolute atomic E-state index is 0.820. The van der Waals surface area contributed by atoms with Crippen LogP contribution in [0.15, 0.2) is 42.2 Å². The van der Waals surface area contributed by atoms with Crippen LogP contribution in [0.25, 0.3) is 0 Å². The number of nitrogens with zero attached hydrogens (tertiary/aromatic N) is 5. The summed E-state index contributed by atoms with van der Waals surface area (Å²) in [6, 6.07) is 4.07. The second-order valence-electron chi connectivity index (χ2n) is 5.02. The maximum Gasteiger partial charge on any atom is 0.191 e. The van der Waals surface area contributed by atoms with Gasteiger partial charge in [-0.05, 0) is 31.9 Å². The van der Waals surface area contributed by atoms with Crippen LogP contribution in [0.3, 0.4) is 0 Å². The smallest absolute Gasteiger partial charge is 0.191 e. The number of nitrogens with one attached hydrogen (secondary N) is 2. The van der Waals surface area contributed by atoms with E-state index in [0.717, 1.165) is 51.5 Å². The highest BCUT2D eigenvalue weighted by molar-refractivity contribution is 5.79. The Kier molecular flexibility index (Phi) is 7.01. The van der Waals surface area contributed by atoms with Gasteiger partial charge in [-0.2, -0.15) is 0 Å². The number of aliphatic imine (C=N–C) groups is 1. The summed E-state index contributed by atoms with van der Waals surface area (Å²) in [6.07, 6.45) is 9.75. The highest BCUT2D eigenvalue weighted by Gasteiger charge is 1.97. The molecule has 0 unspecified atom stereocenters. The number of aromatic nitrogens is 4. The standard InChI is InChI=1S/C15H25N7/c1-2-16-15(18-8-12-21-9-5-6-10-21)17-7-3-4-11-22-13-19-20-14-22/h5-6,9-10,13-14H,2-4,7-8,11-12H2,1H3,(H2,16,17,18). The van der Waals surface area contributed by atoms with Gasteiger partial charge < -0.3 is 19.8 Å². The summed E-state index contributed by atoms with van der Waals surface area (Å²) >= 11 is 0. The molecule has 0 aromatic carbocycles. The number of rotatable bonds is 9. The SMILES string of the molecule is CCNC(=NCCCCn1cnnc1)NCCn1cccc1. The van der Waals surface area contributed by atoms with Crippen molar-refractivity contribution in [2.45, 2.75) is 32.9 Å². The Morgan fingerprint density at radius 1 is 1.00 bits per heavy atom. The van der Waals surface area contributed by atoms with Crippen LogP contribution in [-0.4, -0.2) is 44.9 Å². The first-order chi connectivity index (χ1) is 10.9. The molecule has 2 heterocycles. The zero-order valence-electron chi connectivity index (χ0n) is 13.1. The van der Waals surface area contributed by atoms with E-state index in [4.69, 9.17) is 0 Å². The largest absolute Gasteiger partial charge is 0.357 e. The molecule has 2 N–H and O–H groups in total. The zero-order valence-corrected chi connectivity index (χ0v) is 13.1. The average molecular weight is 303 g/mol. The van der Waals surface area contributed by atoms with Gasteiger partial charge in [-0.1, -0.05) is 0 Å². The van der Waals surface area contributed by atoms with Gasteiger partial charge in [-0.15, -0.1) is 10.2 Å².